The summed E-state index contributed by atoms with van der Waals surface area (Å²) in [7, 11) is 0. The van der Waals surface area contributed by atoms with Gasteiger partial charge in [-0.25, -0.2) is 0 Å². The zero-order valence-corrected chi connectivity index (χ0v) is 12.0. The fourth-order valence-corrected chi connectivity index (χ4v) is 2.47. The van der Waals surface area contributed by atoms with Gasteiger partial charge < -0.3 is 15.4 Å². The molecule has 0 aromatic heterocycles. The lowest BCUT2D eigenvalue weighted by Crippen LogP contribution is -2.22. The maximum absolute atomic E-state index is 12.4. The molecule has 0 radical (unpaired) electrons. The predicted molar refractivity (Wildman–Crippen MR) is 83.6 cm³/mol. The van der Waals surface area contributed by atoms with Crippen molar-refractivity contribution < 1.29 is 9.53 Å². The number of nitrogens with two attached hydrogens (primary N) is 1. The number of amides is 1. The van der Waals surface area contributed by atoms with Crippen molar-refractivity contribution in [3.8, 4) is 5.75 Å². The van der Waals surface area contributed by atoms with Crippen LogP contribution in [0.1, 0.15) is 29.3 Å². The highest BCUT2D eigenvalue weighted by molar-refractivity contribution is 6.10. The van der Waals surface area contributed by atoms with E-state index >= 15 is 0 Å². The average molecular weight is 282 g/mol. The summed E-state index contributed by atoms with van der Waals surface area (Å²) in [6, 6.07) is 13.1. The van der Waals surface area contributed by atoms with Crippen LogP contribution in [0, 0.1) is 0 Å². The van der Waals surface area contributed by atoms with Gasteiger partial charge in [0.25, 0.3) is 5.91 Å². The number of rotatable bonds is 4. The van der Waals surface area contributed by atoms with Gasteiger partial charge in [0.15, 0.2) is 0 Å². The molecule has 2 aromatic rings. The Labute approximate surface area is 124 Å². The molecule has 0 saturated heterocycles. The highest BCUT2D eigenvalue weighted by atomic mass is 16.5. The minimum absolute atomic E-state index is 0.000438. The minimum atomic E-state index is -0.000438. The number of fused-ring (bicyclic) bond motifs is 1. The van der Waals surface area contributed by atoms with Crippen LogP contribution in [0.4, 0.5) is 11.4 Å². The molecule has 108 valence electrons. The van der Waals surface area contributed by atoms with Gasteiger partial charge in [0.2, 0.25) is 0 Å². The van der Waals surface area contributed by atoms with Gasteiger partial charge in [-0.2, -0.15) is 0 Å². The van der Waals surface area contributed by atoms with Crippen LogP contribution in [0.5, 0.6) is 5.75 Å². The maximum Gasteiger partial charge on any atom is 0.259 e. The SMILES string of the molecule is CCCOc1ccc(N2Cc3ccc(N)cc3C2=O)cc1. The van der Waals surface area contributed by atoms with Gasteiger partial charge in [-0.1, -0.05) is 13.0 Å². The second kappa shape index (κ2) is 5.48. The minimum Gasteiger partial charge on any atom is -0.494 e. The Morgan fingerprint density at radius 3 is 2.67 bits per heavy atom. The number of anilines is 2. The molecule has 1 aliphatic heterocycles. The summed E-state index contributed by atoms with van der Waals surface area (Å²) in [6.45, 7) is 3.36. The van der Waals surface area contributed by atoms with Crippen LogP contribution in [0.25, 0.3) is 0 Å². The first-order chi connectivity index (χ1) is 10.2. The third-order valence-electron chi connectivity index (χ3n) is 3.56. The van der Waals surface area contributed by atoms with E-state index in [1.807, 2.05) is 36.4 Å². The molecular weight excluding hydrogens is 264 g/mol. The van der Waals surface area contributed by atoms with Crippen molar-refractivity contribution in [3.63, 3.8) is 0 Å². The van der Waals surface area contributed by atoms with Crippen LogP contribution >= 0.6 is 0 Å². The zero-order chi connectivity index (χ0) is 14.8. The topological polar surface area (TPSA) is 55.6 Å². The number of nitrogens with zero attached hydrogens (tertiary/aromatic N) is 1. The highest BCUT2D eigenvalue weighted by Crippen LogP contribution is 2.30. The second-order valence-corrected chi connectivity index (χ2v) is 5.15. The summed E-state index contributed by atoms with van der Waals surface area (Å²) >= 11 is 0. The van der Waals surface area contributed by atoms with Crippen LogP contribution in [0.15, 0.2) is 42.5 Å². The number of benzene rings is 2. The van der Waals surface area contributed by atoms with Crippen molar-refractivity contribution in [3.05, 3.63) is 53.6 Å². The first-order valence-corrected chi connectivity index (χ1v) is 7.12. The fraction of sp³-hybridized carbons (Fsp3) is 0.235. The highest BCUT2D eigenvalue weighted by Gasteiger charge is 2.28. The Hall–Kier alpha value is -2.49. The quantitative estimate of drug-likeness (QED) is 0.876. The summed E-state index contributed by atoms with van der Waals surface area (Å²) in [6.07, 6.45) is 0.975. The number of carbonyl (C=O) groups excluding carboxylic acids is 1. The first kappa shape index (κ1) is 13.5. The smallest absolute Gasteiger partial charge is 0.259 e. The maximum atomic E-state index is 12.4. The molecular formula is C17H18N2O2. The molecule has 0 saturated carbocycles. The third-order valence-corrected chi connectivity index (χ3v) is 3.56. The number of ether oxygens (including phenoxy) is 1. The Balaban J connectivity index is 1.81. The van der Waals surface area contributed by atoms with Gasteiger partial charge in [-0.05, 0) is 48.4 Å². The van der Waals surface area contributed by atoms with Crippen LogP contribution in [-0.4, -0.2) is 12.5 Å². The first-order valence-electron chi connectivity index (χ1n) is 7.12. The van der Waals surface area contributed by atoms with Crippen LogP contribution in [0.3, 0.4) is 0 Å². The van der Waals surface area contributed by atoms with E-state index in [0.29, 0.717) is 24.4 Å². The van der Waals surface area contributed by atoms with Gasteiger partial charge >= 0.3 is 0 Å². The van der Waals surface area contributed by atoms with E-state index in [1.165, 1.54) is 0 Å². The van der Waals surface area contributed by atoms with Crippen molar-refractivity contribution in [1.29, 1.82) is 0 Å². The van der Waals surface area contributed by atoms with Crippen molar-refractivity contribution in [2.75, 3.05) is 17.2 Å². The monoisotopic (exact) mass is 282 g/mol. The van der Waals surface area contributed by atoms with E-state index in [-0.39, 0.29) is 5.91 Å². The fourth-order valence-electron chi connectivity index (χ4n) is 2.47. The lowest BCUT2D eigenvalue weighted by atomic mass is 10.1. The lowest BCUT2D eigenvalue weighted by molar-refractivity contribution is 0.0996. The van der Waals surface area contributed by atoms with E-state index in [1.54, 1.807) is 11.0 Å². The molecule has 0 aliphatic carbocycles. The summed E-state index contributed by atoms with van der Waals surface area (Å²) in [5.74, 6) is 0.827. The van der Waals surface area contributed by atoms with Crippen LogP contribution in [0.2, 0.25) is 0 Å². The van der Waals surface area contributed by atoms with Crippen molar-refractivity contribution in [1.82, 2.24) is 0 Å². The summed E-state index contributed by atoms with van der Waals surface area (Å²) < 4.78 is 5.56. The van der Waals surface area contributed by atoms with Gasteiger partial charge in [0, 0.05) is 16.9 Å². The van der Waals surface area contributed by atoms with Gasteiger partial charge in [-0.3, -0.25) is 4.79 Å². The Bertz CT molecular complexity index is 665. The second-order valence-electron chi connectivity index (χ2n) is 5.15. The van der Waals surface area contributed by atoms with E-state index in [4.69, 9.17) is 10.5 Å². The van der Waals surface area contributed by atoms with Crippen molar-refractivity contribution in [2.24, 2.45) is 0 Å². The van der Waals surface area contributed by atoms with Gasteiger partial charge in [0.1, 0.15) is 5.75 Å². The Morgan fingerprint density at radius 1 is 1.19 bits per heavy atom. The predicted octanol–water partition coefficient (Wildman–Crippen LogP) is 3.22. The van der Waals surface area contributed by atoms with Crippen molar-refractivity contribution in [2.45, 2.75) is 19.9 Å². The molecule has 1 heterocycles. The van der Waals surface area contributed by atoms with Crippen LogP contribution < -0.4 is 15.4 Å². The molecule has 4 nitrogen and oxygen atoms in total. The molecule has 21 heavy (non-hydrogen) atoms. The van der Waals surface area contributed by atoms with E-state index in [2.05, 4.69) is 6.92 Å². The van der Waals surface area contributed by atoms with Gasteiger partial charge in [-0.15, -0.1) is 0 Å². The molecule has 0 bridgehead atoms. The standard InChI is InChI=1S/C17H18N2O2/c1-2-9-21-15-7-5-14(6-8-15)19-11-12-3-4-13(18)10-16(12)17(19)20/h3-8,10H,2,9,11,18H2,1H3. The largest absolute Gasteiger partial charge is 0.494 e. The summed E-state index contributed by atoms with van der Waals surface area (Å²) in [5.41, 5.74) is 8.96. The number of hydrogen-bond acceptors (Lipinski definition) is 3. The zero-order valence-electron chi connectivity index (χ0n) is 12.0. The molecule has 0 atom stereocenters. The molecule has 4 heteroatoms. The number of hydrogen-bond donors (Lipinski definition) is 1. The van der Waals surface area contributed by atoms with E-state index < -0.39 is 0 Å². The molecule has 0 fully saturated rings. The molecule has 3 rings (SSSR count). The summed E-state index contributed by atoms with van der Waals surface area (Å²) in [4.78, 5) is 14.2. The van der Waals surface area contributed by atoms with Gasteiger partial charge in [0.05, 0.1) is 13.2 Å². The molecule has 0 unspecified atom stereocenters. The van der Waals surface area contributed by atoms with E-state index in [0.717, 1.165) is 23.4 Å². The molecule has 0 spiro atoms. The summed E-state index contributed by atoms with van der Waals surface area (Å²) in [5, 5.41) is 0. The Kier molecular flexibility index (Phi) is 3.52. The molecule has 1 aliphatic rings. The third kappa shape index (κ3) is 2.57. The van der Waals surface area contributed by atoms with Crippen molar-refractivity contribution >= 4 is 17.3 Å². The molecule has 2 aromatic carbocycles. The van der Waals surface area contributed by atoms with E-state index in [9.17, 15) is 4.79 Å². The lowest BCUT2D eigenvalue weighted by Gasteiger charge is -2.16. The normalized spacial score (nSPS) is 13.4. The molecule has 1 amide bonds. The van der Waals surface area contributed by atoms with Crippen LogP contribution in [-0.2, 0) is 6.54 Å². The number of nitrogen functional groups attached to an aromatic ring is 1. The Morgan fingerprint density at radius 2 is 1.95 bits per heavy atom. The molecule has 2 N–H and O–H groups in total. The average Bonchev–Trinajstić information content (AvgIpc) is 2.83. The number of carbonyl (C=O) groups is 1.